The van der Waals surface area contributed by atoms with Gasteiger partial charge in [-0.05, 0) is 104 Å². The maximum absolute atomic E-state index is 15.1. The Morgan fingerprint density at radius 3 is 2.14 bits per heavy atom. The molecule has 0 bridgehead atoms. The zero-order valence-corrected chi connectivity index (χ0v) is 32.5. The quantitative estimate of drug-likeness (QED) is 0.0745. The number of nitrogens with one attached hydrogen (secondary N) is 2. The highest BCUT2D eigenvalue weighted by atomic mass is 28.4. The van der Waals surface area contributed by atoms with Crippen LogP contribution in [0.25, 0.3) is 0 Å². The molecule has 0 aliphatic carbocycles. The number of benzene rings is 4. The fraction of sp³-hybridized carbons (Fsp3) is 0.293. The molecule has 4 atom stereocenters. The fourth-order valence-electron chi connectivity index (χ4n) is 8.12. The summed E-state index contributed by atoms with van der Waals surface area (Å²) in [7, 11) is -2.98. The highest BCUT2D eigenvalue weighted by molar-refractivity contribution is 6.71. The number of amides is 3. The Labute approximate surface area is 325 Å². The number of nitrogens with two attached hydrogens (primary N) is 2. The summed E-state index contributed by atoms with van der Waals surface area (Å²) in [6.45, 7) is 6.23. The van der Waals surface area contributed by atoms with E-state index in [1.807, 2.05) is 44.3 Å². The molecular formula is C41H46N8O6Si. The van der Waals surface area contributed by atoms with Crippen molar-refractivity contribution in [1.29, 1.82) is 0 Å². The van der Waals surface area contributed by atoms with Crippen LogP contribution in [0.15, 0.2) is 97.2 Å². The lowest BCUT2D eigenvalue weighted by atomic mass is 9.82. The number of carbonyl (C=O) groups is 3. The number of nitrogens with zero attached hydrogens (tertiary/aromatic N) is 4. The molecule has 0 saturated carbocycles. The number of anilines is 5. The van der Waals surface area contributed by atoms with Gasteiger partial charge >= 0.3 is 0 Å². The molecule has 4 aromatic carbocycles. The molecule has 7 rings (SSSR count). The lowest BCUT2D eigenvalue weighted by Crippen LogP contribution is -2.46. The van der Waals surface area contributed by atoms with Crippen molar-refractivity contribution in [3.63, 3.8) is 0 Å². The molecule has 5 aromatic rings. The minimum absolute atomic E-state index is 0.0418. The maximum atomic E-state index is 15.1. The van der Waals surface area contributed by atoms with Crippen molar-refractivity contribution in [3.05, 3.63) is 125 Å². The minimum atomic E-state index is -2.98. The van der Waals surface area contributed by atoms with Crippen molar-refractivity contribution in [3.8, 4) is 0 Å². The second-order valence-corrected chi connectivity index (χ2v) is 19.0. The minimum Gasteiger partial charge on any atom is -0.432 e. The molecule has 290 valence electrons. The van der Waals surface area contributed by atoms with E-state index in [9.17, 15) is 19.5 Å². The Morgan fingerprint density at radius 1 is 0.911 bits per heavy atom. The predicted molar refractivity (Wildman–Crippen MR) is 216 cm³/mol. The van der Waals surface area contributed by atoms with Gasteiger partial charge in [-0.25, -0.2) is 0 Å². The Balaban J connectivity index is 1.23. The Morgan fingerprint density at radius 2 is 1.54 bits per heavy atom. The van der Waals surface area contributed by atoms with Crippen LogP contribution in [0.2, 0.25) is 18.6 Å². The van der Waals surface area contributed by atoms with E-state index in [-0.39, 0.29) is 36.4 Å². The van der Waals surface area contributed by atoms with Crippen molar-refractivity contribution in [2.45, 2.75) is 63.2 Å². The normalized spacial score (nSPS) is 20.3. The fourth-order valence-corrected chi connectivity index (χ4v) is 10.7. The van der Waals surface area contributed by atoms with E-state index >= 15 is 4.79 Å². The molecule has 2 aliphatic heterocycles. The number of nitrogen functional groups attached to an aromatic ring is 2. The van der Waals surface area contributed by atoms with Crippen LogP contribution >= 0.6 is 0 Å². The van der Waals surface area contributed by atoms with Crippen molar-refractivity contribution in [2.75, 3.05) is 33.6 Å². The number of fused-ring (bicyclic) bond motifs is 2. The third kappa shape index (κ3) is 7.53. The summed E-state index contributed by atoms with van der Waals surface area (Å²) in [6.07, 6.45) is 2.09. The van der Waals surface area contributed by atoms with Crippen molar-refractivity contribution >= 4 is 54.5 Å². The molecule has 14 nitrogen and oxygen atoms in total. The first kappa shape index (κ1) is 38.4. The van der Waals surface area contributed by atoms with E-state index in [1.54, 1.807) is 82.5 Å². The zero-order valence-electron chi connectivity index (χ0n) is 31.5. The molecule has 0 radical (unpaired) electrons. The smallest absolute Gasteiger partial charge is 0.264 e. The molecular weight excluding hydrogens is 729 g/mol. The number of rotatable bonds is 12. The monoisotopic (exact) mass is 774 g/mol. The third-order valence-electron chi connectivity index (χ3n) is 10.7. The SMILES string of the molecule is C[C@@H]1[C@@H]([Si](C)(C)O)[C@H](CCn2cc(CCO)nn2)O[C@@]12C(=O)N(Cc1cccc(NC(=O)c3ccc(N)cc3)c1)c1ccc(NC(=O)c3ccc(N)cc3)cc12. The molecule has 1 aromatic heterocycles. The van der Waals surface area contributed by atoms with Crippen LogP contribution in [0.1, 0.15) is 50.9 Å². The number of aliphatic hydroxyl groups excluding tert-OH is 1. The van der Waals surface area contributed by atoms with Gasteiger partial charge in [0.15, 0.2) is 13.9 Å². The second-order valence-electron chi connectivity index (χ2n) is 15.1. The average Bonchev–Trinajstić information content (AvgIpc) is 3.81. The highest BCUT2D eigenvalue weighted by Gasteiger charge is 2.66. The molecule has 1 spiro atoms. The van der Waals surface area contributed by atoms with E-state index in [1.165, 1.54) is 0 Å². The maximum Gasteiger partial charge on any atom is 0.264 e. The second kappa shape index (κ2) is 15.3. The Bertz CT molecular complexity index is 2260. The van der Waals surface area contributed by atoms with E-state index in [0.29, 0.717) is 70.2 Å². The molecule has 0 unspecified atom stereocenters. The van der Waals surface area contributed by atoms with Gasteiger partial charge in [-0.15, -0.1) is 5.10 Å². The summed E-state index contributed by atoms with van der Waals surface area (Å²) in [5, 5.41) is 23.6. The first-order chi connectivity index (χ1) is 26.8. The van der Waals surface area contributed by atoms with Crippen molar-refractivity contribution < 1.29 is 29.0 Å². The van der Waals surface area contributed by atoms with E-state index in [2.05, 4.69) is 20.9 Å². The molecule has 3 amide bonds. The third-order valence-corrected chi connectivity index (χ3v) is 13.2. The Kier molecular flexibility index (Phi) is 10.5. The van der Waals surface area contributed by atoms with Crippen LogP contribution in [0.4, 0.5) is 28.4 Å². The summed E-state index contributed by atoms with van der Waals surface area (Å²) in [5.74, 6) is -1.37. The first-order valence-corrected chi connectivity index (χ1v) is 21.6. The molecule has 56 heavy (non-hydrogen) atoms. The number of aryl methyl sites for hydroxylation is 1. The van der Waals surface area contributed by atoms with Crippen LogP contribution in [0.5, 0.6) is 0 Å². The van der Waals surface area contributed by atoms with Crippen LogP contribution < -0.4 is 27.0 Å². The molecule has 2 aliphatic rings. The summed E-state index contributed by atoms with van der Waals surface area (Å²) in [4.78, 5) is 55.0. The Hall–Kier alpha value is -5.87. The number of hydrogen-bond donors (Lipinski definition) is 6. The molecule has 1 saturated heterocycles. The van der Waals surface area contributed by atoms with Crippen LogP contribution in [-0.4, -0.2) is 63.6 Å². The van der Waals surface area contributed by atoms with Crippen LogP contribution in [-0.2, 0) is 34.6 Å². The van der Waals surface area contributed by atoms with Crippen molar-refractivity contribution in [1.82, 2.24) is 15.0 Å². The van der Waals surface area contributed by atoms with Gasteiger partial charge in [-0.3, -0.25) is 19.1 Å². The molecule has 1 fully saturated rings. The first-order valence-electron chi connectivity index (χ1n) is 18.6. The van der Waals surface area contributed by atoms with Gasteiger partial charge in [-0.2, -0.15) is 0 Å². The van der Waals surface area contributed by atoms with Gasteiger partial charge in [0.05, 0.1) is 24.0 Å². The van der Waals surface area contributed by atoms with Gasteiger partial charge < -0.3 is 41.6 Å². The number of carbonyl (C=O) groups excluding carboxylic acids is 3. The topological polar surface area (TPSA) is 211 Å². The summed E-state index contributed by atoms with van der Waals surface area (Å²) >= 11 is 0. The number of ether oxygens (including phenoxy) is 1. The largest absolute Gasteiger partial charge is 0.432 e. The zero-order chi connectivity index (χ0) is 39.8. The molecule has 3 heterocycles. The van der Waals surface area contributed by atoms with Gasteiger partial charge in [0.1, 0.15) is 0 Å². The van der Waals surface area contributed by atoms with E-state index in [0.717, 1.165) is 5.56 Å². The number of aliphatic hydroxyl groups is 1. The summed E-state index contributed by atoms with van der Waals surface area (Å²) in [6, 6.07) is 25.9. The lowest BCUT2D eigenvalue weighted by Gasteiger charge is -2.32. The van der Waals surface area contributed by atoms with Crippen LogP contribution in [0.3, 0.4) is 0 Å². The predicted octanol–water partition coefficient (Wildman–Crippen LogP) is 4.92. The van der Waals surface area contributed by atoms with Crippen molar-refractivity contribution in [2.24, 2.45) is 5.92 Å². The standard InChI is InChI=1S/C41H46N8O6Si/c1-25-37(56(2,3)54)36(17-19-48-24-33(18-20-50)46-47-48)55-41(25)34-22-32(45-39(52)28-9-13-30(43)14-10-28)15-16-35(34)49(40(41)53)23-26-5-4-6-31(21-26)44-38(51)27-7-11-29(42)12-8-27/h4-16,21-22,24-25,36-37,50,54H,17-20,23,42-43H2,1-3H3,(H,44,51)(H,45,52)/t25-,36+,37-,41+/m1/s1. The number of hydrogen-bond acceptors (Lipinski definition) is 10. The van der Waals surface area contributed by atoms with E-state index < -0.39 is 25.9 Å². The molecule has 15 heteroatoms. The summed E-state index contributed by atoms with van der Waals surface area (Å²) in [5.41, 5.74) is 15.4. The summed E-state index contributed by atoms with van der Waals surface area (Å²) < 4.78 is 8.71. The highest BCUT2D eigenvalue weighted by Crippen LogP contribution is 2.60. The average molecular weight is 775 g/mol. The van der Waals surface area contributed by atoms with E-state index in [4.69, 9.17) is 16.2 Å². The lowest BCUT2D eigenvalue weighted by molar-refractivity contribution is -0.146. The molecule has 8 N–H and O–H groups in total. The van der Waals surface area contributed by atoms with Gasteiger partial charge in [0, 0.05) is 76.7 Å². The van der Waals surface area contributed by atoms with Gasteiger partial charge in [0.25, 0.3) is 17.7 Å². The van der Waals surface area contributed by atoms with Gasteiger partial charge in [0.2, 0.25) is 0 Å². The number of aromatic nitrogens is 3. The van der Waals surface area contributed by atoms with Gasteiger partial charge in [-0.1, -0.05) is 24.3 Å². The van der Waals surface area contributed by atoms with Crippen LogP contribution in [0, 0.1) is 5.92 Å².